The number of nitrogens with zero attached hydrogens (tertiary/aromatic N) is 1. The lowest BCUT2D eigenvalue weighted by molar-refractivity contribution is -0.120. The summed E-state index contributed by atoms with van der Waals surface area (Å²) in [5, 5.41) is 2.97. The molecule has 0 fully saturated rings. The second kappa shape index (κ2) is 10.1. The molecule has 33 heavy (non-hydrogen) atoms. The van der Waals surface area contributed by atoms with Crippen LogP contribution in [-0.4, -0.2) is 20.9 Å². The van der Waals surface area contributed by atoms with E-state index in [1.165, 1.54) is 5.56 Å². The van der Waals surface area contributed by atoms with Crippen molar-refractivity contribution in [3.05, 3.63) is 93.0 Å². The van der Waals surface area contributed by atoms with Gasteiger partial charge in [0.2, 0.25) is 5.91 Å². The van der Waals surface area contributed by atoms with Crippen molar-refractivity contribution in [2.45, 2.75) is 45.6 Å². The third-order valence-corrected chi connectivity index (χ3v) is 8.05. The highest BCUT2D eigenvalue weighted by atomic mass is 79.9. The second-order valence-corrected chi connectivity index (χ2v) is 11.2. The Morgan fingerprint density at radius 1 is 0.909 bits per heavy atom. The maximum atomic E-state index is 13.5. The molecule has 1 amide bonds. The Kier molecular flexibility index (Phi) is 7.65. The average Bonchev–Trinajstić information content (AvgIpc) is 2.75. The number of aryl methyl sites for hydroxylation is 4. The zero-order valence-electron chi connectivity index (χ0n) is 19.5. The number of nitrogens with one attached hydrogen (secondary N) is 1. The fraction of sp³-hybridized carbons (Fsp3) is 0.269. The molecule has 3 rings (SSSR count). The molecule has 0 saturated carbocycles. The molecule has 0 aliphatic carbocycles. The number of hydrogen-bond donors (Lipinski definition) is 1. The zero-order chi connectivity index (χ0) is 24.3. The Hall–Kier alpha value is -2.64. The van der Waals surface area contributed by atoms with Crippen LogP contribution < -0.4 is 9.62 Å². The van der Waals surface area contributed by atoms with E-state index in [-0.39, 0.29) is 23.4 Å². The summed E-state index contributed by atoms with van der Waals surface area (Å²) in [6.45, 7) is 9.59. The van der Waals surface area contributed by atoms with Crippen molar-refractivity contribution >= 4 is 37.5 Å². The number of rotatable bonds is 7. The molecule has 0 aliphatic rings. The summed E-state index contributed by atoms with van der Waals surface area (Å²) in [5.74, 6) is -0.376. The summed E-state index contributed by atoms with van der Waals surface area (Å²) >= 11 is 3.38. The number of sulfonamides is 1. The van der Waals surface area contributed by atoms with E-state index >= 15 is 0 Å². The lowest BCUT2D eigenvalue weighted by Gasteiger charge is -2.26. The van der Waals surface area contributed by atoms with Gasteiger partial charge in [0.15, 0.2) is 0 Å². The van der Waals surface area contributed by atoms with Crippen LogP contribution in [0.4, 0.5) is 5.69 Å². The van der Waals surface area contributed by atoms with Crippen molar-refractivity contribution in [1.29, 1.82) is 0 Å². The molecule has 1 N–H and O–H groups in total. The van der Waals surface area contributed by atoms with Gasteiger partial charge in [-0.15, -0.1) is 0 Å². The fourth-order valence-corrected chi connectivity index (χ4v) is 5.39. The van der Waals surface area contributed by atoms with Gasteiger partial charge in [-0.25, -0.2) is 8.42 Å². The standard InChI is InChI=1S/C26H29BrN2O3S/c1-17-6-12-24(13-7-17)33(31,32)29(23-10-8-22(27)9-11-23)16-26(30)28-21(5)25-15-19(3)18(2)14-20(25)4/h6-15,21H,16H2,1-5H3,(H,28,30). The van der Waals surface area contributed by atoms with E-state index in [2.05, 4.69) is 40.3 Å². The molecule has 7 heteroatoms. The van der Waals surface area contributed by atoms with Crippen molar-refractivity contribution in [3.8, 4) is 0 Å². The third kappa shape index (κ3) is 5.84. The van der Waals surface area contributed by atoms with E-state index in [9.17, 15) is 13.2 Å². The average molecular weight is 530 g/mol. The smallest absolute Gasteiger partial charge is 0.264 e. The number of carbonyl (C=O) groups excluding carboxylic acids is 1. The van der Waals surface area contributed by atoms with Crippen LogP contribution in [0, 0.1) is 27.7 Å². The molecule has 5 nitrogen and oxygen atoms in total. The quantitative estimate of drug-likeness (QED) is 0.424. The van der Waals surface area contributed by atoms with Crippen LogP contribution in [0.5, 0.6) is 0 Å². The first-order valence-electron chi connectivity index (χ1n) is 10.7. The Morgan fingerprint density at radius 2 is 1.48 bits per heavy atom. The molecule has 0 bridgehead atoms. The largest absolute Gasteiger partial charge is 0.348 e. The summed E-state index contributed by atoms with van der Waals surface area (Å²) < 4.78 is 29.0. The maximum absolute atomic E-state index is 13.5. The number of anilines is 1. The van der Waals surface area contributed by atoms with Crippen LogP contribution in [0.2, 0.25) is 0 Å². The van der Waals surface area contributed by atoms with E-state index in [0.717, 1.165) is 31.0 Å². The lowest BCUT2D eigenvalue weighted by atomic mass is 9.96. The molecule has 1 atom stereocenters. The molecule has 0 saturated heterocycles. The lowest BCUT2D eigenvalue weighted by Crippen LogP contribution is -2.41. The predicted molar refractivity (Wildman–Crippen MR) is 137 cm³/mol. The second-order valence-electron chi connectivity index (χ2n) is 8.38. The predicted octanol–water partition coefficient (Wildman–Crippen LogP) is 5.76. The molecule has 0 aromatic heterocycles. The maximum Gasteiger partial charge on any atom is 0.264 e. The van der Waals surface area contributed by atoms with Gasteiger partial charge in [-0.05, 0) is 93.3 Å². The minimum atomic E-state index is -3.94. The van der Waals surface area contributed by atoms with Crippen LogP contribution in [-0.2, 0) is 14.8 Å². The van der Waals surface area contributed by atoms with Crippen LogP contribution in [0.25, 0.3) is 0 Å². The number of hydrogen-bond acceptors (Lipinski definition) is 3. The van der Waals surface area contributed by atoms with Crippen LogP contribution in [0.15, 0.2) is 70.0 Å². The number of halogens is 1. The first kappa shape index (κ1) is 25.0. The molecule has 0 aliphatic heterocycles. The Balaban J connectivity index is 1.90. The van der Waals surface area contributed by atoms with Crippen molar-refractivity contribution < 1.29 is 13.2 Å². The van der Waals surface area contributed by atoms with Crippen LogP contribution >= 0.6 is 15.9 Å². The molecular weight excluding hydrogens is 500 g/mol. The summed E-state index contributed by atoms with van der Waals surface area (Å²) in [6, 6.07) is 17.4. The molecular formula is C26H29BrN2O3S. The van der Waals surface area contributed by atoms with Gasteiger partial charge in [0.05, 0.1) is 16.6 Å². The number of amides is 1. The molecule has 3 aromatic carbocycles. The first-order chi connectivity index (χ1) is 15.5. The van der Waals surface area contributed by atoms with Crippen LogP contribution in [0.1, 0.15) is 40.8 Å². The van der Waals surface area contributed by atoms with E-state index < -0.39 is 10.0 Å². The third-order valence-electron chi connectivity index (χ3n) is 5.74. The van der Waals surface area contributed by atoms with Gasteiger partial charge >= 0.3 is 0 Å². The van der Waals surface area contributed by atoms with Gasteiger partial charge in [0.1, 0.15) is 6.54 Å². The van der Waals surface area contributed by atoms with Crippen molar-refractivity contribution in [3.63, 3.8) is 0 Å². The molecule has 3 aromatic rings. The van der Waals surface area contributed by atoms with Crippen molar-refractivity contribution in [1.82, 2.24) is 5.32 Å². The highest BCUT2D eigenvalue weighted by Crippen LogP contribution is 2.26. The number of benzene rings is 3. The van der Waals surface area contributed by atoms with Gasteiger partial charge in [0, 0.05) is 4.47 Å². The van der Waals surface area contributed by atoms with E-state index in [1.807, 2.05) is 27.7 Å². The zero-order valence-corrected chi connectivity index (χ0v) is 21.9. The summed E-state index contributed by atoms with van der Waals surface area (Å²) in [6.07, 6.45) is 0. The van der Waals surface area contributed by atoms with Crippen molar-refractivity contribution in [2.24, 2.45) is 0 Å². The fourth-order valence-electron chi connectivity index (χ4n) is 3.70. The van der Waals surface area contributed by atoms with E-state index in [4.69, 9.17) is 0 Å². The highest BCUT2D eigenvalue weighted by molar-refractivity contribution is 9.10. The summed E-state index contributed by atoms with van der Waals surface area (Å²) in [7, 11) is -3.94. The Labute approximate surface area is 205 Å². The minimum absolute atomic E-state index is 0.141. The van der Waals surface area contributed by atoms with Crippen molar-refractivity contribution in [2.75, 3.05) is 10.8 Å². The van der Waals surface area contributed by atoms with Gasteiger partial charge in [-0.3, -0.25) is 9.10 Å². The van der Waals surface area contributed by atoms with Gasteiger partial charge in [-0.1, -0.05) is 45.8 Å². The number of carbonyl (C=O) groups is 1. The molecule has 174 valence electrons. The SMILES string of the molecule is Cc1ccc(S(=O)(=O)N(CC(=O)NC(C)c2cc(C)c(C)cc2C)c2ccc(Br)cc2)cc1. The molecule has 0 spiro atoms. The van der Waals surface area contributed by atoms with E-state index in [1.54, 1.807) is 48.5 Å². The van der Waals surface area contributed by atoms with Gasteiger partial charge < -0.3 is 5.32 Å². The van der Waals surface area contributed by atoms with Crippen LogP contribution in [0.3, 0.4) is 0 Å². The summed E-state index contributed by atoms with van der Waals surface area (Å²) in [5.41, 5.74) is 5.82. The Morgan fingerprint density at radius 3 is 2.09 bits per heavy atom. The monoisotopic (exact) mass is 528 g/mol. The summed E-state index contributed by atoms with van der Waals surface area (Å²) in [4.78, 5) is 13.2. The van der Waals surface area contributed by atoms with Gasteiger partial charge in [0.25, 0.3) is 10.0 Å². The molecule has 0 heterocycles. The molecule has 0 radical (unpaired) electrons. The molecule has 1 unspecified atom stereocenters. The van der Waals surface area contributed by atoms with Gasteiger partial charge in [-0.2, -0.15) is 0 Å². The van der Waals surface area contributed by atoms with E-state index in [0.29, 0.717) is 5.69 Å². The normalized spacial score (nSPS) is 12.3. The first-order valence-corrected chi connectivity index (χ1v) is 12.9. The topological polar surface area (TPSA) is 66.5 Å². The Bertz CT molecular complexity index is 1250. The highest BCUT2D eigenvalue weighted by Gasteiger charge is 2.28. The minimum Gasteiger partial charge on any atom is -0.348 e.